The quantitative estimate of drug-likeness (QED) is 0.880. The molecular weight excluding hydrogens is 333 g/mol. The number of fused-ring (bicyclic) bond motifs is 1. The van der Waals surface area contributed by atoms with Crippen molar-refractivity contribution in [1.82, 2.24) is 4.57 Å². The lowest BCUT2D eigenvalue weighted by Gasteiger charge is -2.25. The highest BCUT2D eigenvalue weighted by Crippen LogP contribution is 2.40. The van der Waals surface area contributed by atoms with Crippen molar-refractivity contribution in [2.45, 2.75) is 51.8 Å². The number of halogens is 1. The molecule has 2 atom stereocenters. The van der Waals surface area contributed by atoms with Crippen molar-refractivity contribution < 1.29 is 9.50 Å². The third kappa shape index (κ3) is 2.72. The third-order valence-corrected chi connectivity index (χ3v) is 5.95. The molecule has 2 aliphatic rings. The van der Waals surface area contributed by atoms with Crippen LogP contribution >= 0.6 is 0 Å². The third-order valence-electron chi connectivity index (χ3n) is 5.95. The maximum atomic E-state index is 15.1. The van der Waals surface area contributed by atoms with Gasteiger partial charge in [0.2, 0.25) is 0 Å². The predicted molar refractivity (Wildman–Crippen MR) is 101 cm³/mol. The smallest absolute Gasteiger partial charge is 0.251 e. The number of aliphatic hydroxyl groups is 1. The van der Waals surface area contributed by atoms with Gasteiger partial charge in [-0.05, 0) is 56.2 Å². The van der Waals surface area contributed by atoms with Gasteiger partial charge in [-0.1, -0.05) is 0 Å². The molecule has 2 heterocycles. The molecule has 0 amide bonds. The monoisotopic (exact) mass is 359 g/mol. The highest BCUT2D eigenvalue weighted by Gasteiger charge is 2.32. The molecular formula is C20H26FN3O2. The van der Waals surface area contributed by atoms with Crippen LogP contribution in [0, 0.1) is 18.7 Å². The summed E-state index contributed by atoms with van der Waals surface area (Å²) in [6, 6.07) is 3.20. The van der Waals surface area contributed by atoms with Crippen LogP contribution in [0.1, 0.15) is 43.4 Å². The van der Waals surface area contributed by atoms with E-state index in [2.05, 4.69) is 4.90 Å². The summed E-state index contributed by atoms with van der Waals surface area (Å²) in [5.41, 5.74) is 8.54. The summed E-state index contributed by atoms with van der Waals surface area (Å²) in [6.07, 6.45) is 2.88. The van der Waals surface area contributed by atoms with Gasteiger partial charge < -0.3 is 20.3 Å². The molecule has 26 heavy (non-hydrogen) atoms. The Morgan fingerprint density at radius 3 is 2.65 bits per heavy atom. The zero-order valence-electron chi connectivity index (χ0n) is 15.3. The molecule has 2 fully saturated rings. The molecule has 2 aromatic rings. The minimum atomic E-state index is -0.295. The average molecular weight is 359 g/mol. The number of aliphatic hydroxyl groups excluding tert-OH is 1. The van der Waals surface area contributed by atoms with Gasteiger partial charge in [0.25, 0.3) is 5.56 Å². The first kappa shape index (κ1) is 17.5. The van der Waals surface area contributed by atoms with E-state index in [1.165, 1.54) is 12.1 Å². The number of hydrogen-bond donors (Lipinski definition) is 2. The SMILES string of the molecule is Cc1c(N2CCC([C@H](C)N)C2)c(F)cc2c(CO)cc(=O)n(C3CC3)c12. The van der Waals surface area contributed by atoms with Gasteiger partial charge in [0.05, 0.1) is 17.8 Å². The van der Waals surface area contributed by atoms with Crippen molar-refractivity contribution in [3.63, 3.8) is 0 Å². The van der Waals surface area contributed by atoms with Crippen molar-refractivity contribution >= 4 is 16.6 Å². The van der Waals surface area contributed by atoms with Crippen LogP contribution in [0.2, 0.25) is 0 Å². The summed E-state index contributed by atoms with van der Waals surface area (Å²) in [4.78, 5) is 14.7. The van der Waals surface area contributed by atoms with Crippen molar-refractivity contribution in [3.05, 3.63) is 39.4 Å². The number of aryl methyl sites for hydroxylation is 1. The first-order valence-electron chi connectivity index (χ1n) is 9.41. The van der Waals surface area contributed by atoms with Gasteiger partial charge in [-0.15, -0.1) is 0 Å². The van der Waals surface area contributed by atoms with E-state index in [-0.39, 0.29) is 30.1 Å². The summed E-state index contributed by atoms with van der Waals surface area (Å²) in [6.45, 7) is 5.11. The standard InChI is InChI=1S/C20H26FN3O2/c1-11-19-16(14(10-25)7-18(26)24(19)15-3-4-15)8-17(21)20(11)23-6-5-13(9-23)12(2)22/h7-8,12-13,15,25H,3-6,9-10,22H2,1-2H3/t12-,13?/m0/s1. The molecule has 4 rings (SSSR count). The molecule has 1 saturated heterocycles. The summed E-state index contributed by atoms with van der Waals surface area (Å²) in [5, 5.41) is 10.3. The molecule has 0 bridgehead atoms. The van der Waals surface area contributed by atoms with Crippen molar-refractivity contribution in [2.24, 2.45) is 11.7 Å². The topological polar surface area (TPSA) is 71.5 Å². The molecule has 1 aliphatic carbocycles. The molecule has 5 nitrogen and oxygen atoms in total. The number of rotatable bonds is 4. The second kappa shape index (κ2) is 6.35. The Labute approximate surface area is 152 Å². The molecule has 6 heteroatoms. The highest BCUT2D eigenvalue weighted by atomic mass is 19.1. The van der Waals surface area contributed by atoms with E-state index < -0.39 is 0 Å². The minimum absolute atomic E-state index is 0.0782. The van der Waals surface area contributed by atoms with E-state index in [1.807, 2.05) is 13.8 Å². The lowest BCUT2D eigenvalue weighted by molar-refractivity contribution is 0.283. The van der Waals surface area contributed by atoms with E-state index in [1.54, 1.807) is 4.57 Å². The van der Waals surface area contributed by atoms with Gasteiger partial charge in [-0.3, -0.25) is 4.79 Å². The molecule has 1 aromatic heterocycles. The van der Waals surface area contributed by atoms with E-state index >= 15 is 4.39 Å². The van der Waals surface area contributed by atoms with Crippen LogP contribution in [0.4, 0.5) is 10.1 Å². The lowest BCUT2D eigenvalue weighted by Crippen LogP contribution is -2.30. The number of pyridine rings is 1. The van der Waals surface area contributed by atoms with Gasteiger partial charge in [0.15, 0.2) is 0 Å². The fourth-order valence-electron chi connectivity index (χ4n) is 4.35. The maximum absolute atomic E-state index is 15.1. The number of hydrogen-bond acceptors (Lipinski definition) is 4. The maximum Gasteiger partial charge on any atom is 0.251 e. The fraction of sp³-hybridized carbons (Fsp3) is 0.550. The number of benzene rings is 1. The van der Waals surface area contributed by atoms with Crippen LogP contribution in [0.15, 0.2) is 16.9 Å². The second-order valence-corrected chi connectivity index (χ2v) is 7.85. The molecule has 1 unspecified atom stereocenters. The number of nitrogens with two attached hydrogens (primary N) is 1. The molecule has 1 aliphatic heterocycles. The van der Waals surface area contributed by atoms with E-state index in [0.29, 0.717) is 22.6 Å². The zero-order valence-corrected chi connectivity index (χ0v) is 15.3. The van der Waals surface area contributed by atoms with Crippen molar-refractivity contribution in [1.29, 1.82) is 0 Å². The van der Waals surface area contributed by atoms with Gasteiger partial charge in [0.1, 0.15) is 5.82 Å². The Kier molecular flexibility index (Phi) is 4.28. The van der Waals surface area contributed by atoms with E-state index in [4.69, 9.17) is 5.73 Å². The molecule has 1 aromatic carbocycles. The van der Waals surface area contributed by atoms with Crippen LogP contribution in [0.25, 0.3) is 10.9 Å². The van der Waals surface area contributed by atoms with E-state index in [0.717, 1.165) is 43.4 Å². The second-order valence-electron chi connectivity index (χ2n) is 7.85. The number of anilines is 1. The molecule has 0 radical (unpaired) electrons. The molecule has 140 valence electrons. The largest absolute Gasteiger partial charge is 0.392 e. The first-order valence-corrected chi connectivity index (χ1v) is 9.41. The van der Waals surface area contributed by atoms with Crippen LogP contribution in [-0.2, 0) is 6.61 Å². The average Bonchev–Trinajstić information content (AvgIpc) is 3.31. The highest BCUT2D eigenvalue weighted by molar-refractivity contribution is 5.90. The Bertz CT molecular complexity index is 918. The summed E-state index contributed by atoms with van der Waals surface area (Å²) >= 11 is 0. The minimum Gasteiger partial charge on any atom is -0.392 e. The summed E-state index contributed by atoms with van der Waals surface area (Å²) < 4.78 is 16.9. The van der Waals surface area contributed by atoms with Crippen molar-refractivity contribution in [3.8, 4) is 0 Å². The molecule has 0 spiro atoms. The van der Waals surface area contributed by atoms with Crippen LogP contribution < -0.4 is 16.2 Å². The Balaban J connectivity index is 1.93. The van der Waals surface area contributed by atoms with Crippen LogP contribution in [-0.4, -0.2) is 28.8 Å². The molecule has 3 N–H and O–H groups in total. The van der Waals surface area contributed by atoms with Gasteiger partial charge in [0, 0.05) is 36.6 Å². The lowest BCUT2D eigenvalue weighted by atomic mass is 10.0. The number of nitrogens with zero attached hydrogens (tertiary/aromatic N) is 2. The summed E-state index contributed by atoms with van der Waals surface area (Å²) in [5.74, 6) is 0.0509. The van der Waals surface area contributed by atoms with E-state index in [9.17, 15) is 9.90 Å². The normalized spacial score (nSPS) is 21.6. The molecule has 1 saturated carbocycles. The van der Waals surface area contributed by atoms with Gasteiger partial charge in [-0.2, -0.15) is 0 Å². The van der Waals surface area contributed by atoms with Crippen molar-refractivity contribution in [2.75, 3.05) is 18.0 Å². The predicted octanol–water partition coefficient (Wildman–Crippen LogP) is 2.45. The Hall–Kier alpha value is -1.92. The van der Waals surface area contributed by atoms with Gasteiger partial charge >= 0.3 is 0 Å². The first-order chi connectivity index (χ1) is 12.4. The van der Waals surface area contributed by atoms with Crippen LogP contribution in [0.3, 0.4) is 0 Å². The Morgan fingerprint density at radius 1 is 1.35 bits per heavy atom. The zero-order chi connectivity index (χ0) is 18.6. The number of aromatic nitrogens is 1. The van der Waals surface area contributed by atoms with Gasteiger partial charge in [-0.25, -0.2) is 4.39 Å². The summed E-state index contributed by atoms with van der Waals surface area (Å²) in [7, 11) is 0. The fourth-order valence-corrected chi connectivity index (χ4v) is 4.35. The Morgan fingerprint density at radius 2 is 2.08 bits per heavy atom. The van der Waals surface area contributed by atoms with Crippen LogP contribution in [0.5, 0.6) is 0 Å².